The van der Waals surface area contributed by atoms with Crippen molar-refractivity contribution < 1.29 is 4.39 Å². The van der Waals surface area contributed by atoms with Crippen molar-refractivity contribution in [1.82, 2.24) is 0 Å². The van der Waals surface area contributed by atoms with Crippen molar-refractivity contribution in [1.29, 1.82) is 0 Å². The summed E-state index contributed by atoms with van der Waals surface area (Å²) in [6, 6.07) is 4.61. The molecule has 1 rings (SSSR count). The highest BCUT2D eigenvalue weighted by Crippen LogP contribution is 2.15. The van der Waals surface area contributed by atoms with Gasteiger partial charge in [0.2, 0.25) is 0 Å². The van der Waals surface area contributed by atoms with Gasteiger partial charge in [-0.15, -0.1) is 0 Å². The molecule has 0 saturated heterocycles. The van der Waals surface area contributed by atoms with Gasteiger partial charge < -0.3 is 0 Å². The highest BCUT2D eigenvalue weighted by atomic mass is 35.5. The Morgan fingerprint density at radius 2 is 2.18 bits per heavy atom. The van der Waals surface area contributed by atoms with Gasteiger partial charge in [-0.05, 0) is 24.6 Å². The standard InChI is InChI=1S/C9H7ClF/c1-2-3-7-4-5-8(10)9(11)6-7/h2-6H,1H2. The molecule has 0 saturated carbocycles. The van der Waals surface area contributed by atoms with Crippen molar-refractivity contribution in [3.8, 4) is 0 Å². The highest BCUT2D eigenvalue weighted by Gasteiger charge is 1.97. The molecule has 0 aliphatic heterocycles. The molecule has 0 aliphatic carbocycles. The van der Waals surface area contributed by atoms with Crippen LogP contribution in [0.3, 0.4) is 0 Å². The predicted molar refractivity (Wildman–Crippen MR) is 45.8 cm³/mol. The van der Waals surface area contributed by atoms with E-state index in [2.05, 4.69) is 6.92 Å². The van der Waals surface area contributed by atoms with Gasteiger partial charge in [-0.1, -0.05) is 29.8 Å². The molecule has 0 atom stereocenters. The number of halogens is 2. The van der Waals surface area contributed by atoms with Gasteiger partial charge in [0, 0.05) is 0 Å². The Hall–Kier alpha value is -0.820. The molecule has 57 valence electrons. The summed E-state index contributed by atoms with van der Waals surface area (Å²) in [5, 5.41) is 0.145. The zero-order valence-electron chi connectivity index (χ0n) is 5.85. The molecular formula is C9H7ClF. The Morgan fingerprint density at radius 3 is 2.73 bits per heavy atom. The minimum Gasteiger partial charge on any atom is -0.205 e. The smallest absolute Gasteiger partial charge is 0.142 e. The average Bonchev–Trinajstić information content (AvgIpc) is 1.98. The van der Waals surface area contributed by atoms with E-state index < -0.39 is 5.82 Å². The maximum absolute atomic E-state index is 12.7. The van der Waals surface area contributed by atoms with Gasteiger partial charge in [0.1, 0.15) is 5.82 Å². The van der Waals surface area contributed by atoms with Crippen LogP contribution in [0, 0.1) is 12.7 Å². The molecule has 0 N–H and O–H groups in total. The van der Waals surface area contributed by atoms with Gasteiger partial charge in [-0.3, -0.25) is 0 Å². The average molecular weight is 170 g/mol. The van der Waals surface area contributed by atoms with Crippen LogP contribution in [0.2, 0.25) is 5.02 Å². The molecule has 1 aromatic rings. The van der Waals surface area contributed by atoms with E-state index >= 15 is 0 Å². The summed E-state index contributed by atoms with van der Waals surface area (Å²) in [5.41, 5.74) is 0.766. The van der Waals surface area contributed by atoms with E-state index in [-0.39, 0.29) is 5.02 Å². The van der Waals surface area contributed by atoms with Crippen LogP contribution >= 0.6 is 11.6 Å². The minimum absolute atomic E-state index is 0.145. The molecule has 11 heavy (non-hydrogen) atoms. The molecule has 0 aromatic heterocycles. The first-order chi connectivity index (χ1) is 5.24. The maximum Gasteiger partial charge on any atom is 0.142 e. The van der Waals surface area contributed by atoms with E-state index in [1.54, 1.807) is 18.2 Å². The molecule has 1 aromatic carbocycles. The zero-order chi connectivity index (χ0) is 8.27. The van der Waals surface area contributed by atoms with Gasteiger partial charge in [0.15, 0.2) is 0 Å². The second kappa shape index (κ2) is 3.54. The summed E-state index contributed by atoms with van der Waals surface area (Å²) in [7, 11) is 0. The Labute approximate surface area is 70.3 Å². The molecule has 0 spiro atoms. The second-order valence-corrected chi connectivity index (χ2v) is 2.48. The largest absolute Gasteiger partial charge is 0.205 e. The van der Waals surface area contributed by atoms with Gasteiger partial charge in [-0.25, -0.2) is 4.39 Å². The number of benzene rings is 1. The molecule has 0 fully saturated rings. The summed E-state index contributed by atoms with van der Waals surface area (Å²) >= 11 is 5.47. The van der Waals surface area contributed by atoms with Crippen molar-refractivity contribution in [2.45, 2.75) is 0 Å². The third-order valence-electron chi connectivity index (χ3n) is 1.25. The van der Waals surface area contributed by atoms with E-state index in [4.69, 9.17) is 11.6 Å². The van der Waals surface area contributed by atoms with Crippen LogP contribution in [0.4, 0.5) is 4.39 Å². The van der Waals surface area contributed by atoms with Crippen LogP contribution in [0.15, 0.2) is 24.3 Å². The highest BCUT2D eigenvalue weighted by molar-refractivity contribution is 6.30. The number of hydrogen-bond donors (Lipinski definition) is 0. The fraction of sp³-hybridized carbons (Fsp3) is 0. The van der Waals surface area contributed by atoms with Crippen molar-refractivity contribution in [3.63, 3.8) is 0 Å². The molecule has 0 amide bonds. The lowest BCUT2D eigenvalue weighted by atomic mass is 10.2. The Kier molecular flexibility index (Phi) is 2.66. The van der Waals surface area contributed by atoms with Crippen LogP contribution < -0.4 is 0 Å². The first-order valence-corrected chi connectivity index (χ1v) is 3.52. The first kappa shape index (κ1) is 8.28. The summed E-state index contributed by atoms with van der Waals surface area (Å²) < 4.78 is 12.7. The van der Waals surface area contributed by atoms with E-state index in [1.807, 2.05) is 0 Å². The fourth-order valence-electron chi connectivity index (χ4n) is 0.752. The summed E-state index contributed by atoms with van der Waals surface area (Å²) in [6.07, 6.45) is 3.31. The van der Waals surface area contributed by atoms with Crippen molar-refractivity contribution in [2.75, 3.05) is 0 Å². The molecule has 1 radical (unpaired) electrons. The lowest BCUT2D eigenvalue weighted by Gasteiger charge is -1.94. The normalized spacial score (nSPS) is 10.8. The van der Waals surface area contributed by atoms with Crippen molar-refractivity contribution in [2.24, 2.45) is 0 Å². The molecular weight excluding hydrogens is 163 g/mol. The lowest BCUT2D eigenvalue weighted by Crippen LogP contribution is -1.77. The van der Waals surface area contributed by atoms with Gasteiger partial charge >= 0.3 is 0 Å². The van der Waals surface area contributed by atoms with Gasteiger partial charge in [-0.2, -0.15) is 0 Å². The van der Waals surface area contributed by atoms with Gasteiger partial charge in [0.05, 0.1) is 5.02 Å². The number of rotatable bonds is 1. The molecule has 0 aliphatic rings. The van der Waals surface area contributed by atoms with Crippen molar-refractivity contribution in [3.05, 3.63) is 47.6 Å². The Morgan fingerprint density at radius 1 is 1.45 bits per heavy atom. The lowest BCUT2D eigenvalue weighted by molar-refractivity contribution is 0.628. The first-order valence-electron chi connectivity index (χ1n) is 3.15. The monoisotopic (exact) mass is 169 g/mol. The summed E-state index contributed by atoms with van der Waals surface area (Å²) in [4.78, 5) is 0. The van der Waals surface area contributed by atoms with E-state index in [0.29, 0.717) is 0 Å². The van der Waals surface area contributed by atoms with E-state index in [1.165, 1.54) is 12.1 Å². The number of hydrogen-bond acceptors (Lipinski definition) is 0. The fourth-order valence-corrected chi connectivity index (χ4v) is 0.870. The van der Waals surface area contributed by atoms with Crippen LogP contribution in [0.25, 0.3) is 6.08 Å². The molecule has 0 nitrogen and oxygen atoms in total. The molecule has 0 unspecified atom stereocenters. The minimum atomic E-state index is -0.401. The summed E-state index contributed by atoms with van der Waals surface area (Å²) in [5.74, 6) is -0.401. The van der Waals surface area contributed by atoms with Crippen molar-refractivity contribution >= 4 is 17.7 Å². The molecule has 2 heteroatoms. The van der Waals surface area contributed by atoms with Crippen LogP contribution in [0.5, 0.6) is 0 Å². The van der Waals surface area contributed by atoms with Crippen LogP contribution in [-0.4, -0.2) is 0 Å². The predicted octanol–water partition coefficient (Wildman–Crippen LogP) is 3.33. The molecule has 0 bridgehead atoms. The topological polar surface area (TPSA) is 0 Å². The Bertz CT molecular complexity index is 279. The third kappa shape index (κ3) is 2.05. The second-order valence-electron chi connectivity index (χ2n) is 2.08. The quantitative estimate of drug-likeness (QED) is 0.605. The van der Waals surface area contributed by atoms with E-state index in [9.17, 15) is 4.39 Å². The van der Waals surface area contributed by atoms with E-state index in [0.717, 1.165) is 5.56 Å². The third-order valence-corrected chi connectivity index (χ3v) is 1.56. The maximum atomic E-state index is 12.7. The Balaban J connectivity index is 3.05. The summed E-state index contributed by atoms with van der Waals surface area (Å²) in [6.45, 7) is 3.50. The van der Waals surface area contributed by atoms with Crippen LogP contribution in [-0.2, 0) is 0 Å². The zero-order valence-corrected chi connectivity index (χ0v) is 6.61. The number of allylic oxidation sites excluding steroid dienone is 1. The SMILES string of the molecule is [CH2]C=Cc1ccc(Cl)c(F)c1. The van der Waals surface area contributed by atoms with Gasteiger partial charge in [0.25, 0.3) is 0 Å². The van der Waals surface area contributed by atoms with Crippen LogP contribution in [0.1, 0.15) is 5.56 Å². The molecule has 0 heterocycles.